The first-order chi connectivity index (χ1) is 9.51. The van der Waals surface area contributed by atoms with E-state index in [-0.39, 0.29) is 0 Å². The molecule has 0 heterocycles. The first kappa shape index (κ1) is 18.1. The Kier molecular flexibility index (Phi) is 8.30. The Labute approximate surface area is 137 Å². The van der Waals surface area contributed by atoms with Gasteiger partial charge in [-0.05, 0) is 30.2 Å². The molecule has 2 unspecified atom stereocenters. The summed E-state index contributed by atoms with van der Waals surface area (Å²) in [6.45, 7) is 4.99. The smallest absolute Gasteiger partial charge is 0.213 e. The Morgan fingerprint density at radius 3 is 2.60 bits per heavy atom. The molecule has 2 nitrogen and oxygen atoms in total. The zero-order valence-corrected chi connectivity index (χ0v) is 15.5. The quantitative estimate of drug-likeness (QED) is 0.464. The molecule has 0 N–H and O–H groups in total. The van der Waals surface area contributed by atoms with Crippen LogP contribution in [-0.4, -0.2) is 29.1 Å². The third-order valence-electron chi connectivity index (χ3n) is 2.91. The van der Waals surface area contributed by atoms with Crippen LogP contribution >= 0.6 is 29.2 Å². The van der Waals surface area contributed by atoms with Gasteiger partial charge in [0.15, 0.2) is 0 Å². The van der Waals surface area contributed by atoms with E-state index in [1.54, 1.807) is 16.9 Å². The Hall–Kier alpha value is 0.0700. The van der Waals surface area contributed by atoms with E-state index in [9.17, 15) is 0 Å². The van der Waals surface area contributed by atoms with Crippen molar-refractivity contribution in [3.63, 3.8) is 0 Å². The van der Waals surface area contributed by atoms with Crippen LogP contribution in [0.2, 0.25) is 0 Å². The number of hydrogen-bond donors (Lipinski definition) is 0. The molecule has 0 amide bonds. The van der Waals surface area contributed by atoms with Crippen molar-refractivity contribution < 1.29 is 4.52 Å². The maximum absolute atomic E-state index is 6.08. The molecular formula is C14H22NOPS3. The molecule has 112 valence electrons. The van der Waals surface area contributed by atoms with Crippen molar-refractivity contribution in [2.75, 3.05) is 13.7 Å². The standard InChI is InChI=1S/C14H22NOPS3/c1-4-13(2)20-17(19,15(3)12-18)16-11-10-14-8-6-5-7-9-14/h5-9,12-13H,4,10-11H2,1-3H3. The molecule has 0 radical (unpaired) electrons. The van der Waals surface area contributed by atoms with E-state index in [4.69, 9.17) is 28.5 Å². The summed E-state index contributed by atoms with van der Waals surface area (Å²) in [5.41, 5.74) is 0.784. The summed E-state index contributed by atoms with van der Waals surface area (Å²) in [5.74, 6) is 0. The Morgan fingerprint density at radius 1 is 1.40 bits per heavy atom. The van der Waals surface area contributed by atoms with E-state index in [0.29, 0.717) is 11.9 Å². The summed E-state index contributed by atoms with van der Waals surface area (Å²) >= 11 is 12.5. The van der Waals surface area contributed by atoms with Gasteiger partial charge in [0.25, 0.3) is 0 Å². The number of rotatable bonds is 9. The predicted octanol–water partition coefficient (Wildman–Crippen LogP) is 4.89. The monoisotopic (exact) mass is 347 g/mol. The van der Waals surface area contributed by atoms with Gasteiger partial charge in [0.2, 0.25) is 5.62 Å². The molecule has 1 rings (SSSR count). The number of thiocarbonyl (C=S) groups is 1. The van der Waals surface area contributed by atoms with Gasteiger partial charge in [-0.15, -0.1) is 0 Å². The molecule has 20 heavy (non-hydrogen) atoms. The van der Waals surface area contributed by atoms with Gasteiger partial charge >= 0.3 is 0 Å². The van der Waals surface area contributed by atoms with Crippen LogP contribution in [0.5, 0.6) is 0 Å². The van der Waals surface area contributed by atoms with Gasteiger partial charge in [-0.3, -0.25) is 0 Å². The molecule has 1 aromatic rings. The minimum atomic E-state index is -2.10. The summed E-state index contributed by atoms with van der Waals surface area (Å²) in [6, 6.07) is 10.3. The fraction of sp³-hybridized carbons (Fsp3) is 0.500. The van der Waals surface area contributed by atoms with Crippen molar-refractivity contribution in [1.82, 2.24) is 4.67 Å². The largest absolute Gasteiger partial charge is 0.326 e. The van der Waals surface area contributed by atoms with Gasteiger partial charge in [0.1, 0.15) is 0 Å². The molecule has 0 saturated carbocycles. The van der Waals surface area contributed by atoms with E-state index >= 15 is 0 Å². The second kappa shape index (κ2) is 9.16. The lowest BCUT2D eigenvalue weighted by atomic mass is 10.2. The van der Waals surface area contributed by atoms with Crippen LogP contribution in [0.25, 0.3) is 0 Å². The van der Waals surface area contributed by atoms with Crippen molar-refractivity contribution in [2.24, 2.45) is 0 Å². The molecule has 0 aliphatic heterocycles. The third-order valence-corrected chi connectivity index (χ3v) is 10.6. The lowest BCUT2D eigenvalue weighted by Crippen LogP contribution is -2.14. The van der Waals surface area contributed by atoms with E-state index < -0.39 is 5.62 Å². The molecule has 1 aromatic carbocycles. The third kappa shape index (κ3) is 5.82. The Morgan fingerprint density at radius 2 is 2.05 bits per heavy atom. The van der Waals surface area contributed by atoms with E-state index in [0.717, 1.165) is 12.8 Å². The van der Waals surface area contributed by atoms with E-state index in [1.807, 2.05) is 29.9 Å². The molecule has 0 aliphatic rings. The van der Waals surface area contributed by atoms with Gasteiger partial charge in [-0.2, -0.15) is 0 Å². The molecule has 0 bridgehead atoms. The van der Waals surface area contributed by atoms with E-state index in [2.05, 4.69) is 26.0 Å². The number of benzene rings is 1. The number of hydrogen-bond acceptors (Lipinski definition) is 4. The fourth-order valence-corrected chi connectivity index (χ4v) is 8.16. The topological polar surface area (TPSA) is 12.5 Å². The fourth-order valence-electron chi connectivity index (χ4n) is 1.48. The van der Waals surface area contributed by atoms with Crippen molar-refractivity contribution in [2.45, 2.75) is 31.9 Å². The Balaban J connectivity index is 2.61. The highest BCUT2D eigenvalue weighted by molar-refractivity contribution is 8.69. The predicted molar refractivity (Wildman–Crippen MR) is 99.1 cm³/mol. The molecular weight excluding hydrogens is 325 g/mol. The lowest BCUT2D eigenvalue weighted by Gasteiger charge is -2.30. The van der Waals surface area contributed by atoms with Gasteiger partial charge in [-0.25, -0.2) is 0 Å². The second-order valence-electron chi connectivity index (χ2n) is 4.54. The first-order valence-corrected chi connectivity index (χ1v) is 11.3. The van der Waals surface area contributed by atoms with Crippen LogP contribution in [0.15, 0.2) is 30.3 Å². The molecule has 0 aromatic heterocycles. The van der Waals surface area contributed by atoms with Gasteiger partial charge in [0.05, 0.1) is 12.1 Å². The van der Waals surface area contributed by atoms with Crippen molar-refractivity contribution in [3.05, 3.63) is 35.9 Å². The van der Waals surface area contributed by atoms with Crippen LogP contribution in [-0.2, 0) is 22.8 Å². The van der Waals surface area contributed by atoms with E-state index in [1.165, 1.54) is 5.56 Å². The van der Waals surface area contributed by atoms with Crippen molar-refractivity contribution >= 4 is 46.5 Å². The van der Waals surface area contributed by atoms with Crippen LogP contribution < -0.4 is 0 Å². The maximum atomic E-state index is 6.08. The zero-order valence-electron chi connectivity index (χ0n) is 12.2. The average molecular weight is 348 g/mol. The highest BCUT2D eigenvalue weighted by atomic mass is 32.9. The van der Waals surface area contributed by atoms with Crippen LogP contribution in [0.1, 0.15) is 25.8 Å². The summed E-state index contributed by atoms with van der Waals surface area (Å²) in [5, 5.41) is 0.481. The molecule has 2 atom stereocenters. The minimum Gasteiger partial charge on any atom is -0.326 e. The molecule has 0 fully saturated rings. The summed E-state index contributed by atoms with van der Waals surface area (Å²) in [4.78, 5) is 0. The van der Waals surface area contributed by atoms with Crippen molar-refractivity contribution in [1.29, 1.82) is 0 Å². The lowest BCUT2D eigenvalue weighted by molar-refractivity contribution is 0.349. The van der Waals surface area contributed by atoms with Crippen LogP contribution in [0.4, 0.5) is 0 Å². The molecule has 0 saturated heterocycles. The summed E-state index contributed by atoms with van der Waals surface area (Å²) < 4.78 is 7.98. The van der Waals surface area contributed by atoms with Gasteiger partial charge < -0.3 is 9.19 Å². The number of nitrogens with zero attached hydrogens (tertiary/aromatic N) is 1. The second-order valence-corrected chi connectivity index (χ2v) is 11.9. The average Bonchev–Trinajstić information content (AvgIpc) is 2.47. The SMILES string of the molecule is CCC(C)SP(=S)(OCCc1ccccc1)N(C)C=S. The highest BCUT2D eigenvalue weighted by Gasteiger charge is 2.25. The first-order valence-electron chi connectivity index (χ1n) is 6.67. The summed E-state index contributed by atoms with van der Waals surface area (Å²) in [7, 11) is 1.92. The zero-order chi connectivity index (χ0) is 15.0. The molecule has 0 spiro atoms. The maximum Gasteiger partial charge on any atom is 0.213 e. The highest BCUT2D eigenvalue weighted by Crippen LogP contribution is 2.63. The van der Waals surface area contributed by atoms with Crippen LogP contribution in [0.3, 0.4) is 0 Å². The summed E-state index contributed by atoms with van der Waals surface area (Å²) in [6.07, 6.45) is 1.96. The Bertz CT molecular complexity index is 455. The minimum absolute atomic E-state index is 0.481. The van der Waals surface area contributed by atoms with Crippen LogP contribution in [0, 0.1) is 0 Å². The normalized spacial score (nSPS) is 15.3. The van der Waals surface area contributed by atoms with Gasteiger partial charge in [-0.1, -0.05) is 67.8 Å². The molecule has 0 aliphatic carbocycles. The van der Waals surface area contributed by atoms with Gasteiger partial charge in [0, 0.05) is 12.3 Å². The van der Waals surface area contributed by atoms with Crippen molar-refractivity contribution in [3.8, 4) is 0 Å². The molecule has 6 heteroatoms.